The van der Waals surface area contributed by atoms with Crippen LogP contribution in [0.2, 0.25) is 10.0 Å². The first-order chi connectivity index (χ1) is 16.6. The molecule has 0 fully saturated rings. The molecule has 0 saturated carbocycles. The van der Waals surface area contributed by atoms with Crippen molar-refractivity contribution in [3.05, 3.63) is 99.7 Å². The molecule has 2 amide bonds. The largest absolute Gasteiger partial charge is 0.416 e. The molecule has 6 nitrogen and oxygen atoms in total. The van der Waals surface area contributed by atoms with E-state index in [1.165, 1.54) is 6.20 Å². The SMILES string of the molecule is Cl.O=C(NNc1ccnc2c(NC(=O)c3c(Cl)cccc3Cl)cccc12)c1ccc(C(F)(F)F)cc1. The van der Waals surface area contributed by atoms with E-state index in [1.54, 1.807) is 42.5 Å². The number of amides is 2. The van der Waals surface area contributed by atoms with Crippen molar-refractivity contribution in [3.63, 3.8) is 0 Å². The number of hydrogen-bond donors (Lipinski definition) is 3. The van der Waals surface area contributed by atoms with Crippen molar-refractivity contribution < 1.29 is 22.8 Å². The summed E-state index contributed by atoms with van der Waals surface area (Å²) < 4.78 is 38.2. The predicted molar refractivity (Wildman–Crippen MR) is 136 cm³/mol. The minimum Gasteiger partial charge on any atom is -0.320 e. The molecule has 3 N–H and O–H groups in total. The molecule has 186 valence electrons. The molecule has 0 bridgehead atoms. The third-order valence-electron chi connectivity index (χ3n) is 4.99. The molecule has 1 aromatic heterocycles. The van der Waals surface area contributed by atoms with Crippen molar-refractivity contribution >= 4 is 69.7 Å². The number of rotatable bonds is 5. The first-order valence-corrected chi connectivity index (χ1v) is 10.8. The Balaban J connectivity index is 0.00000361. The number of benzene rings is 3. The van der Waals surface area contributed by atoms with Crippen LogP contribution in [0.15, 0.2) is 72.9 Å². The fraction of sp³-hybridized carbons (Fsp3) is 0.0417. The number of hydrazine groups is 1. The van der Waals surface area contributed by atoms with Gasteiger partial charge in [-0.3, -0.25) is 25.4 Å². The van der Waals surface area contributed by atoms with Crippen molar-refractivity contribution in [3.8, 4) is 0 Å². The average molecular weight is 556 g/mol. The summed E-state index contributed by atoms with van der Waals surface area (Å²) in [5.74, 6) is -1.16. The minimum absolute atomic E-state index is 0. The van der Waals surface area contributed by atoms with Crippen molar-refractivity contribution in [2.24, 2.45) is 0 Å². The summed E-state index contributed by atoms with van der Waals surface area (Å²) in [5.41, 5.74) is 5.73. The van der Waals surface area contributed by atoms with Gasteiger partial charge in [0.1, 0.15) is 0 Å². The van der Waals surface area contributed by atoms with Gasteiger partial charge in [-0.2, -0.15) is 13.2 Å². The molecule has 1 heterocycles. The molecule has 0 atom stereocenters. The van der Waals surface area contributed by atoms with Gasteiger partial charge >= 0.3 is 6.18 Å². The van der Waals surface area contributed by atoms with Crippen LogP contribution in [-0.2, 0) is 6.18 Å². The van der Waals surface area contributed by atoms with Crippen LogP contribution >= 0.6 is 35.6 Å². The average Bonchev–Trinajstić information content (AvgIpc) is 2.82. The zero-order valence-electron chi connectivity index (χ0n) is 18.0. The van der Waals surface area contributed by atoms with E-state index >= 15 is 0 Å². The van der Waals surface area contributed by atoms with Gasteiger partial charge in [-0.1, -0.05) is 41.4 Å². The highest BCUT2D eigenvalue weighted by Crippen LogP contribution is 2.30. The summed E-state index contributed by atoms with van der Waals surface area (Å²) in [6, 6.07) is 15.2. The standard InChI is InChI=1S/C24H15Cl2F3N4O2.ClH/c25-16-4-2-5-17(26)20(16)23(35)31-19-6-1-3-15-18(11-12-30-21(15)19)32-33-22(34)13-7-9-14(10-8-13)24(27,28)29;/h1-12H,(H,30,32)(H,31,35)(H,33,34);1H. The van der Waals surface area contributed by atoms with Crippen LogP contribution in [0.25, 0.3) is 10.9 Å². The highest BCUT2D eigenvalue weighted by molar-refractivity contribution is 6.40. The first kappa shape index (κ1) is 27.1. The fourth-order valence-electron chi connectivity index (χ4n) is 3.29. The Morgan fingerprint density at radius 3 is 2.08 bits per heavy atom. The summed E-state index contributed by atoms with van der Waals surface area (Å²) in [7, 11) is 0. The molecule has 0 saturated heterocycles. The van der Waals surface area contributed by atoms with Gasteiger partial charge < -0.3 is 5.32 Å². The van der Waals surface area contributed by atoms with Gasteiger partial charge in [-0.15, -0.1) is 12.4 Å². The smallest absolute Gasteiger partial charge is 0.320 e. The summed E-state index contributed by atoms with van der Waals surface area (Å²) in [6.07, 6.45) is -3.03. The maximum Gasteiger partial charge on any atom is 0.416 e. The van der Waals surface area contributed by atoms with E-state index in [9.17, 15) is 22.8 Å². The molecule has 4 rings (SSSR count). The highest BCUT2D eigenvalue weighted by atomic mass is 35.5. The van der Waals surface area contributed by atoms with Gasteiger partial charge in [0.25, 0.3) is 11.8 Å². The highest BCUT2D eigenvalue weighted by Gasteiger charge is 2.30. The maximum absolute atomic E-state index is 12.8. The van der Waals surface area contributed by atoms with E-state index < -0.39 is 23.6 Å². The van der Waals surface area contributed by atoms with Gasteiger partial charge in [0.05, 0.1) is 38.1 Å². The summed E-state index contributed by atoms with van der Waals surface area (Å²) in [5, 5.41) is 3.68. The number of halogens is 6. The zero-order chi connectivity index (χ0) is 25.2. The molecule has 4 aromatic rings. The fourth-order valence-corrected chi connectivity index (χ4v) is 3.86. The number of para-hydroxylation sites is 1. The number of pyridine rings is 1. The van der Waals surface area contributed by atoms with Crippen LogP contribution in [-0.4, -0.2) is 16.8 Å². The Hall–Kier alpha value is -3.53. The van der Waals surface area contributed by atoms with Gasteiger partial charge in [-0.05, 0) is 48.5 Å². The maximum atomic E-state index is 12.8. The molecule has 0 aliphatic rings. The number of hydrogen-bond acceptors (Lipinski definition) is 4. The quantitative estimate of drug-likeness (QED) is 0.232. The molecule has 0 spiro atoms. The Kier molecular flexibility index (Phi) is 8.29. The van der Waals surface area contributed by atoms with Crippen molar-refractivity contribution in [1.82, 2.24) is 10.4 Å². The van der Waals surface area contributed by atoms with Gasteiger partial charge in [0.2, 0.25) is 0 Å². The lowest BCUT2D eigenvalue weighted by molar-refractivity contribution is -0.137. The number of alkyl halides is 3. The molecule has 0 aliphatic carbocycles. The monoisotopic (exact) mass is 554 g/mol. The molecule has 0 unspecified atom stereocenters. The van der Waals surface area contributed by atoms with E-state index in [0.717, 1.165) is 24.3 Å². The summed E-state index contributed by atoms with van der Waals surface area (Å²) in [4.78, 5) is 29.5. The summed E-state index contributed by atoms with van der Waals surface area (Å²) >= 11 is 12.2. The second kappa shape index (κ2) is 11.0. The minimum atomic E-state index is -4.49. The van der Waals surface area contributed by atoms with Gasteiger partial charge in [-0.25, -0.2) is 0 Å². The van der Waals surface area contributed by atoms with E-state index in [-0.39, 0.29) is 33.6 Å². The second-order valence-electron chi connectivity index (χ2n) is 7.27. The molecule has 36 heavy (non-hydrogen) atoms. The number of fused-ring (bicyclic) bond motifs is 1. The Morgan fingerprint density at radius 2 is 1.44 bits per heavy atom. The number of nitrogens with one attached hydrogen (secondary N) is 3. The van der Waals surface area contributed by atoms with Crippen molar-refractivity contribution in [2.45, 2.75) is 6.18 Å². The lowest BCUT2D eigenvalue weighted by Crippen LogP contribution is -2.29. The molecule has 0 radical (unpaired) electrons. The lowest BCUT2D eigenvalue weighted by Gasteiger charge is -2.14. The zero-order valence-corrected chi connectivity index (χ0v) is 20.3. The summed E-state index contributed by atoms with van der Waals surface area (Å²) in [6.45, 7) is 0. The molecule has 3 aromatic carbocycles. The number of anilines is 2. The van der Waals surface area contributed by atoms with E-state index in [0.29, 0.717) is 22.3 Å². The van der Waals surface area contributed by atoms with Crippen LogP contribution in [0, 0.1) is 0 Å². The van der Waals surface area contributed by atoms with Crippen LogP contribution in [0.5, 0.6) is 0 Å². The van der Waals surface area contributed by atoms with Gasteiger partial charge in [0, 0.05) is 17.1 Å². The Morgan fingerprint density at radius 1 is 0.806 bits per heavy atom. The second-order valence-corrected chi connectivity index (χ2v) is 8.08. The molecular formula is C24H16Cl3F3N4O2. The van der Waals surface area contributed by atoms with Crippen molar-refractivity contribution in [1.29, 1.82) is 0 Å². The Bertz CT molecular complexity index is 1410. The molecular weight excluding hydrogens is 540 g/mol. The normalized spacial score (nSPS) is 10.9. The third-order valence-corrected chi connectivity index (χ3v) is 5.62. The van der Waals surface area contributed by atoms with E-state index in [1.807, 2.05) is 0 Å². The number of carbonyl (C=O) groups excluding carboxylic acids is 2. The van der Waals surface area contributed by atoms with Gasteiger partial charge in [0.15, 0.2) is 0 Å². The Labute approximate surface area is 219 Å². The van der Waals surface area contributed by atoms with E-state index in [2.05, 4.69) is 21.2 Å². The molecule has 12 heteroatoms. The first-order valence-electron chi connectivity index (χ1n) is 10.0. The number of carbonyl (C=O) groups is 2. The van der Waals surface area contributed by atoms with Crippen LogP contribution in [0.3, 0.4) is 0 Å². The third kappa shape index (κ3) is 5.81. The lowest BCUT2D eigenvalue weighted by atomic mass is 10.1. The van der Waals surface area contributed by atoms with E-state index in [4.69, 9.17) is 23.2 Å². The van der Waals surface area contributed by atoms with Crippen LogP contribution < -0.4 is 16.2 Å². The number of aromatic nitrogens is 1. The predicted octanol–water partition coefficient (Wildman–Crippen LogP) is 6.99. The number of nitrogens with zero attached hydrogens (tertiary/aromatic N) is 1. The van der Waals surface area contributed by atoms with Crippen molar-refractivity contribution in [2.75, 3.05) is 10.7 Å². The van der Waals surface area contributed by atoms with Crippen LogP contribution in [0.4, 0.5) is 24.5 Å². The molecule has 0 aliphatic heterocycles. The topological polar surface area (TPSA) is 83.1 Å². The van der Waals surface area contributed by atoms with Crippen LogP contribution in [0.1, 0.15) is 26.3 Å².